The minimum atomic E-state index is -0.308. The summed E-state index contributed by atoms with van der Waals surface area (Å²) in [7, 11) is 1.54. The smallest absolute Gasteiger partial charge is 0.264 e. The third-order valence-electron chi connectivity index (χ3n) is 2.58. The van der Waals surface area contributed by atoms with Gasteiger partial charge in [0.05, 0.1) is 12.3 Å². The van der Waals surface area contributed by atoms with Crippen LogP contribution >= 0.6 is 22.6 Å². The van der Waals surface area contributed by atoms with Gasteiger partial charge in [0.25, 0.3) is 5.56 Å². The lowest BCUT2D eigenvalue weighted by molar-refractivity contribution is 0.180. The van der Waals surface area contributed by atoms with Crippen LogP contribution in [0, 0.1) is 9.39 Å². The van der Waals surface area contributed by atoms with Crippen LogP contribution in [0.3, 0.4) is 0 Å². The summed E-state index contributed by atoms with van der Waals surface area (Å²) in [5.41, 5.74) is 0.836. The van der Waals surface area contributed by atoms with Crippen molar-refractivity contribution in [3.05, 3.63) is 61.1 Å². The molecule has 0 spiro atoms. The SMILES string of the molecule is COCc1nc(Cc2ccccc2F)[nH]c(=O)c1I. The van der Waals surface area contributed by atoms with E-state index in [-0.39, 0.29) is 24.4 Å². The summed E-state index contributed by atoms with van der Waals surface area (Å²) < 4.78 is 19.1. The first-order valence-corrected chi connectivity index (χ1v) is 6.69. The first-order chi connectivity index (χ1) is 9.11. The maximum absolute atomic E-state index is 13.6. The van der Waals surface area contributed by atoms with Crippen molar-refractivity contribution < 1.29 is 9.13 Å². The monoisotopic (exact) mass is 374 g/mol. The summed E-state index contributed by atoms with van der Waals surface area (Å²) >= 11 is 1.92. The molecule has 0 aliphatic carbocycles. The summed E-state index contributed by atoms with van der Waals surface area (Å²) in [6.45, 7) is 0.256. The first kappa shape index (κ1) is 14.1. The molecule has 0 saturated heterocycles. The molecule has 0 aliphatic heterocycles. The van der Waals surface area contributed by atoms with Crippen molar-refractivity contribution in [3.63, 3.8) is 0 Å². The third kappa shape index (κ3) is 3.38. The van der Waals surface area contributed by atoms with Gasteiger partial charge in [0.1, 0.15) is 15.2 Å². The van der Waals surface area contributed by atoms with Crippen molar-refractivity contribution >= 4 is 22.6 Å². The molecule has 6 heteroatoms. The van der Waals surface area contributed by atoms with Crippen LogP contribution in [-0.4, -0.2) is 17.1 Å². The van der Waals surface area contributed by atoms with Crippen LogP contribution in [-0.2, 0) is 17.8 Å². The Hall–Kier alpha value is -1.28. The van der Waals surface area contributed by atoms with Crippen molar-refractivity contribution in [2.24, 2.45) is 0 Å². The van der Waals surface area contributed by atoms with Gasteiger partial charge in [0, 0.05) is 13.5 Å². The highest BCUT2D eigenvalue weighted by atomic mass is 127. The van der Waals surface area contributed by atoms with Crippen molar-refractivity contribution in [1.29, 1.82) is 0 Å². The molecule has 0 amide bonds. The number of aromatic amines is 1. The van der Waals surface area contributed by atoms with Gasteiger partial charge >= 0.3 is 0 Å². The Balaban J connectivity index is 2.36. The molecule has 1 aromatic heterocycles. The molecule has 0 aliphatic rings. The molecule has 0 unspecified atom stereocenters. The molecule has 0 atom stereocenters. The second kappa shape index (κ2) is 6.25. The molecule has 1 aromatic carbocycles. The second-order valence-corrected chi connectivity index (χ2v) is 5.05. The first-order valence-electron chi connectivity index (χ1n) is 5.61. The number of rotatable bonds is 4. The van der Waals surface area contributed by atoms with Crippen LogP contribution in [0.15, 0.2) is 29.1 Å². The van der Waals surface area contributed by atoms with Gasteiger partial charge in [0.2, 0.25) is 0 Å². The van der Waals surface area contributed by atoms with Gasteiger partial charge in [-0.15, -0.1) is 0 Å². The average Bonchev–Trinajstić information content (AvgIpc) is 2.38. The molecule has 4 nitrogen and oxygen atoms in total. The van der Waals surface area contributed by atoms with E-state index < -0.39 is 0 Å². The highest BCUT2D eigenvalue weighted by Gasteiger charge is 2.10. The van der Waals surface area contributed by atoms with Gasteiger partial charge in [0.15, 0.2) is 0 Å². The van der Waals surface area contributed by atoms with Crippen LogP contribution in [0.25, 0.3) is 0 Å². The number of H-pyrrole nitrogens is 1. The zero-order chi connectivity index (χ0) is 13.8. The molecule has 1 N–H and O–H groups in total. The largest absolute Gasteiger partial charge is 0.378 e. The van der Waals surface area contributed by atoms with Crippen molar-refractivity contribution in [3.8, 4) is 0 Å². The van der Waals surface area contributed by atoms with Gasteiger partial charge in [-0.05, 0) is 34.2 Å². The highest BCUT2D eigenvalue weighted by Crippen LogP contribution is 2.12. The molecule has 100 valence electrons. The van der Waals surface area contributed by atoms with E-state index in [0.29, 0.717) is 20.7 Å². The Kier molecular flexibility index (Phi) is 4.65. The summed E-state index contributed by atoms with van der Waals surface area (Å²) in [4.78, 5) is 18.7. The fourth-order valence-electron chi connectivity index (χ4n) is 1.70. The van der Waals surface area contributed by atoms with E-state index in [4.69, 9.17) is 4.74 Å². The lowest BCUT2D eigenvalue weighted by atomic mass is 10.1. The lowest BCUT2D eigenvalue weighted by Crippen LogP contribution is -2.19. The predicted molar refractivity (Wildman–Crippen MR) is 77.5 cm³/mol. The van der Waals surface area contributed by atoms with Gasteiger partial charge in [-0.25, -0.2) is 9.37 Å². The van der Waals surface area contributed by atoms with E-state index in [2.05, 4.69) is 9.97 Å². The van der Waals surface area contributed by atoms with Gasteiger partial charge in [-0.3, -0.25) is 4.79 Å². The summed E-state index contributed by atoms with van der Waals surface area (Å²) in [6.07, 6.45) is 0.246. The average molecular weight is 374 g/mol. The van der Waals surface area contributed by atoms with Crippen LogP contribution in [0.1, 0.15) is 17.1 Å². The maximum atomic E-state index is 13.6. The molecule has 19 heavy (non-hydrogen) atoms. The maximum Gasteiger partial charge on any atom is 0.264 e. The van der Waals surface area contributed by atoms with Gasteiger partial charge < -0.3 is 9.72 Å². The van der Waals surface area contributed by atoms with Gasteiger partial charge in [-0.2, -0.15) is 0 Å². The number of nitrogens with zero attached hydrogens (tertiary/aromatic N) is 1. The van der Waals surface area contributed by atoms with Crippen molar-refractivity contribution in [1.82, 2.24) is 9.97 Å². The van der Waals surface area contributed by atoms with Crippen LogP contribution in [0.5, 0.6) is 0 Å². The Morgan fingerprint density at radius 2 is 2.16 bits per heavy atom. The van der Waals surface area contributed by atoms with E-state index in [0.717, 1.165) is 0 Å². The Morgan fingerprint density at radius 1 is 1.42 bits per heavy atom. The predicted octanol–water partition coefficient (Wildman–Crippen LogP) is 2.25. The minimum Gasteiger partial charge on any atom is -0.378 e. The number of methoxy groups -OCH3 is 1. The fraction of sp³-hybridized carbons (Fsp3) is 0.231. The van der Waals surface area contributed by atoms with Crippen LogP contribution in [0.2, 0.25) is 0 Å². The van der Waals surface area contributed by atoms with E-state index in [1.165, 1.54) is 13.2 Å². The summed E-state index contributed by atoms with van der Waals surface area (Å²) in [6, 6.07) is 6.43. The molecule has 0 saturated carbocycles. The topological polar surface area (TPSA) is 55.0 Å². The normalized spacial score (nSPS) is 10.7. The Bertz CT molecular complexity index is 643. The standard InChI is InChI=1S/C13H12FIN2O2/c1-19-7-10-12(15)13(18)17-11(16-10)6-8-4-2-3-5-9(8)14/h2-5H,6-7H2,1H3,(H,16,17,18). The number of ether oxygens (including phenoxy) is 1. The van der Waals surface area contributed by atoms with E-state index in [9.17, 15) is 9.18 Å². The number of halogens is 2. The highest BCUT2D eigenvalue weighted by molar-refractivity contribution is 14.1. The number of nitrogens with one attached hydrogen (secondary N) is 1. The number of hydrogen-bond donors (Lipinski definition) is 1. The molecular weight excluding hydrogens is 362 g/mol. The molecular formula is C13H12FIN2O2. The van der Waals surface area contributed by atoms with E-state index >= 15 is 0 Å². The number of benzene rings is 1. The molecule has 2 aromatic rings. The zero-order valence-corrected chi connectivity index (χ0v) is 12.4. The zero-order valence-electron chi connectivity index (χ0n) is 10.2. The molecule has 0 radical (unpaired) electrons. The fourth-order valence-corrected chi connectivity index (χ4v) is 2.11. The van der Waals surface area contributed by atoms with E-state index in [1.807, 2.05) is 22.6 Å². The van der Waals surface area contributed by atoms with Gasteiger partial charge in [-0.1, -0.05) is 18.2 Å². The summed E-state index contributed by atoms with van der Waals surface area (Å²) in [5.74, 6) is 0.125. The van der Waals surface area contributed by atoms with Crippen LogP contribution < -0.4 is 5.56 Å². The molecule has 2 rings (SSSR count). The van der Waals surface area contributed by atoms with E-state index in [1.54, 1.807) is 18.2 Å². The van der Waals surface area contributed by atoms with Crippen LogP contribution in [0.4, 0.5) is 4.39 Å². The Morgan fingerprint density at radius 3 is 2.84 bits per heavy atom. The lowest BCUT2D eigenvalue weighted by Gasteiger charge is -2.06. The van der Waals surface area contributed by atoms with Crippen molar-refractivity contribution in [2.45, 2.75) is 13.0 Å². The quantitative estimate of drug-likeness (QED) is 0.836. The molecule has 0 bridgehead atoms. The third-order valence-corrected chi connectivity index (χ3v) is 3.69. The minimum absolute atomic E-state index is 0.228. The molecule has 0 fully saturated rings. The molecule has 1 heterocycles. The van der Waals surface area contributed by atoms with Crippen molar-refractivity contribution in [2.75, 3.05) is 7.11 Å². The number of aromatic nitrogens is 2. The number of hydrogen-bond acceptors (Lipinski definition) is 3. The Labute approximate surface area is 123 Å². The summed E-state index contributed by atoms with van der Waals surface area (Å²) in [5, 5.41) is 0. The second-order valence-electron chi connectivity index (χ2n) is 3.97.